The summed E-state index contributed by atoms with van der Waals surface area (Å²) in [6, 6.07) is 8.34. The predicted octanol–water partition coefficient (Wildman–Crippen LogP) is 3.81. The van der Waals surface area contributed by atoms with E-state index < -0.39 is 0 Å². The summed E-state index contributed by atoms with van der Waals surface area (Å²) in [5.74, 6) is 0. The Bertz CT molecular complexity index is 1050. The lowest BCUT2D eigenvalue weighted by molar-refractivity contribution is 0.00290. The molecule has 0 bridgehead atoms. The van der Waals surface area contributed by atoms with Gasteiger partial charge in [-0.05, 0) is 51.0 Å². The summed E-state index contributed by atoms with van der Waals surface area (Å²) in [5, 5.41) is 4.36. The first-order chi connectivity index (χ1) is 16.1. The third-order valence-electron chi connectivity index (χ3n) is 6.76. The molecule has 0 atom stereocenters. The number of anilines is 1. The van der Waals surface area contributed by atoms with Gasteiger partial charge >= 0.3 is 0 Å². The first-order valence-corrected chi connectivity index (χ1v) is 11.8. The maximum Gasteiger partial charge on any atom is 0.150 e. The Morgan fingerprint density at radius 3 is 2.45 bits per heavy atom. The van der Waals surface area contributed by atoms with Crippen LogP contribution in [0.5, 0.6) is 0 Å². The molecule has 176 valence electrons. The molecule has 0 radical (unpaired) electrons. The summed E-state index contributed by atoms with van der Waals surface area (Å²) in [6.45, 7) is 8.76. The summed E-state index contributed by atoms with van der Waals surface area (Å²) < 4.78 is 5.36. The topological polar surface area (TPSA) is 73.5 Å². The second-order valence-corrected chi connectivity index (χ2v) is 8.91. The van der Waals surface area contributed by atoms with Crippen LogP contribution in [-0.4, -0.2) is 85.6 Å². The number of aldehydes is 1. The number of likely N-dealkylation sites (tertiary alicyclic amines) is 1. The van der Waals surface area contributed by atoms with Gasteiger partial charge < -0.3 is 19.9 Å². The molecule has 7 nitrogen and oxygen atoms in total. The molecule has 4 heterocycles. The third kappa shape index (κ3) is 5.43. The average Bonchev–Trinajstić information content (AvgIpc) is 3.26. The highest BCUT2D eigenvalue weighted by atomic mass is 16.5. The van der Waals surface area contributed by atoms with Gasteiger partial charge in [0.2, 0.25) is 0 Å². The van der Waals surface area contributed by atoms with Crippen molar-refractivity contribution in [3.63, 3.8) is 0 Å². The number of ether oxygens (including phenoxy) is 1. The Morgan fingerprint density at radius 1 is 1.12 bits per heavy atom. The lowest BCUT2D eigenvalue weighted by Crippen LogP contribution is -2.48. The monoisotopic (exact) mass is 449 g/mol. The number of carbonyl (C=O) groups is 1. The van der Waals surface area contributed by atoms with E-state index in [0.29, 0.717) is 5.56 Å². The van der Waals surface area contributed by atoms with E-state index in [2.05, 4.69) is 39.1 Å². The van der Waals surface area contributed by atoms with Gasteiger partial charge in [0.05, 0.1) is 18.9 Å². The van der Waals surface area contributed by atoms with Gasteiger partial charge in [0.1, 0.15) is 11.9 Å². The zero-order chi connectivity index (χ0) is 23.2. The molecule has 2 fully saturated rings. The van der Waals surface area contributed by atoms with E-state index in [4.69, 9.17) is 4.74 Å². The zero-order valence-corrected chi connectivity index (χ0v) is 19.9. The third-order valence-corrected chi connectivity index (χ3v) is 6.76. The van der Waals surface area contributed by atoms with E-state index in [-0.39, 0.29) is 0 Å². The molecule has 7 heteroatoms. The SMILES string of the molecule is CN1CCC(N2CCOCC2)CC1.CNc1c(-c2ccc(C=O)cc2)cnc2[nH]cc(C)c12. The lowest BCUT2D eigenvalue weighted by atomic mass is 10.0. The number of fused-ring (bicyclic) bond motifs is 1. The fraction of sp³-hybridized carbons (Fsp3) is 0.462. The van der Waals surface area contributed by atoms with Gasteiger partial charge in [0.25, 0.3) is 0 Å². The number of hydrogen-bond donors (Lipinski definition) is 2. The molecule has 0 spiro atoms. The van der Waals surface area contributed by atoms with Crippen LogP contribution in [-0.2, 0) is 4.74 Å². The molecule has 5 rings (SSSR count). The van der Waals surface area contributed by atoms with Crippen LogP contribution in [0.15, 0.2) is 36.7 Å². The number of hydrogen-bond acceptors (Lipinski definition) is 6. The summed E-state index contributed by atoms with van der Waals surface area (Å²) in [4.78, 5) is 23.4. The van der Waals surface area contributed by atoms with Crippen molar-refractivity contribution in [2.75, 3.05) is 58.8 Å². The van der Waals surface area contributed by atoms with Crippen LogP contribution in [0.4, 0.5) is 5.69 Å². The smallest absolute Gasteiger partial charge is 0.150 e. The van der Waals surface area contributed by atoms with Gasteiger partial charge in [-0.3, -0.25) is 9.69 Å². The number of carbonyl (C=O) groups excluding carboxylic acids is 1. The van der Waals surface area contributed by atoms with Crippen LogP contribution in [0.25, 0.3) is 22.2 Å². The molecule has 0 unspecified atom stereocenters. The number of nitrogens with zero attached hydrogens (tertiary/aromatic N) is 3. The molecule has 2 aliphatic rings. The van der Waals surface area contributed by atoms with Crippen molar-refractivity contribution in [3.8, 4) is 11.1 Å². The fourth-order valence-corrected chi connectivity index (χ4v) is 4.78. The Balaban J connectivity index is 0.000000172. The van der Waals surface area contributed by atoms with Crippen molar-refractivity contribution in [2.45, 2.75) is 25.8 Å². The summed E-state index contributed by atoms with van der Waals surface area (Å²) in [6.07, 6.45) is 7.34. The quantitative estimate of drug-likeness (QED) is 0.590. The molecule has 2 aromatic heterocycles. The van der Waals surface area contributed by atoms with Crippen LogP contribution in [0, 0.1) is 6.92 Å². The van der Waals surface area contributed by atoms with E-state index in [9.17, 15) is 4.79 Å². The molecule has 3 aromatic rings. The average molecular weight is 450 g/mol. The molecule has 2 N–H and O–H groups in total. The highest BCUT2D eigenvalue weighted by molar-refractivity contribution is 6.00. The molecule has 0 aliphatic carbocycles. The van der Waals surface area contributed by atoms with Crippen LogP contribution in [0.1, 0.15) is 28.8 Å². The van der Waals surface area contributed by atoms with E-state index in [0.717, 1.165) is 72.0 Å². The van der Waals surface area contributed by atoms with Crippen LogP contribution in [0.3, 0.4) is 0 Å². The minimum Gasteiger partial charge on any atom is -0.387 e. The van der Waals surface area contributed by atoms with Gasteiger partial charge in [-0.1, -0.05) is 24.3 Å². The summed E-state index contributed by atoms with van der Waals surface area (Å²) >= 11 is 0. The number of aromatic amines is 1. The van der Waals surface area contributed by atoms with E-state index in [1.165, 1.54) is 25.9 Å². The highest BCUT2D eigenvalue weighted by Gasteiger charge is 2.24. The molecule has 2 aliphatic heterocycles. The van der Waals surface area contributed by atoms with Crippen LogP contribution in [0.2, 0.25) is 0 Å². The molecular weight excluding hydrogens is 414 g/mol. The number of benzene rings is 1. The fourth-order valence-electron chi connectivity index (χ4n) is 4.78. The Labute approximate surface area is 196 Å². The summed E-state index contributed by atoms with van der Waals surface area (Å²) in [5.41, 5.74) is 5.82. The Hall–Kier alpha value is -2.74. The Morgan fingerprint density at radius 2 is 1.82 bits per heavy atom. The van der Waals surface area contributed by atoms with Gasteiger partial charge in [-0.15, -0.1) is 0 Å². The first-order valence-electron chi connectivity index (χ1n) is 11.8. The number of H-pyrrole nitrogens is 1. The number of rotatable bonds is 4. The highest BCUT2D eigenvalue weighted by Crippen LogP contribution is 2.34. The van der Waals surface area contributed by atoms with E-state index in [1.807, 2.05) is 43.7 Å². The van der Waals surface area contributed by atoms with Gasteiger partial charge in [-0.25, -0.2) is 4.98 Å². The number of nitrogens with one attached hydrogen (secondary N) is 2. The second-order valence-electron chi connectivity index (χ2n) is 8.91. The standard InChI is InChI=1S/C16H15N3O.C10H20N2O/c1-10-7-18-16-14(10)15(17-2)13(8-19-16)12-5-3-11(9-20)4-6-12;1-11-4-2-10(3-5-11)12-6-8-13-9-7-12/h3-9H,1-2H3,(H2,17,18,19);10H,2-9H2,1H3. The normalized spacial score (nSPS) is 18.0. The van der Waals surface area contributed by atoms with Crippen molar-refractivity contribution in [1.82, 2.24) is 19.8 Å². The second kappa shape index (κ2) is 10.9. The number of aromatic nitrogens is 2. The lowest BCUT2D eigenvalue weighted by Gasteiger charge is -2.39. The predicted molar refractivity (Wildman–Crippen MR) is 134 cm³/mol. The summed E-state index contributed by atoms with van der Waals surface area (Å²) in [7, 11) is 4.13. The van der Waals surface area contributed by atoms with Crippen molar-refractivity contribution < 1.29 is 9.53 Å². The molecule has 33 heavy (non-hydrogen) atoms. The molecule has 1 aromatic carbocycles. The minimum atomic E-state index is 0.673. The van der Waals surface area contributed by atoms with Crippen LogP contribution >= 0.6 is 0 Å². The van der Waals surface area contributed by atoms with Gasteiger partial charge in [-0.2, -0.15) is 0 Å². The maximum atomic E-state index is 10.7. The zero-order valence-electron chi connectivity index (χ0n) is 19.9. The Kier molecular flexibility index (Phi) is 7.75. The minimum absolute atomic E-state index is 0.673. The number of piperidine rings is 1. The van der Waals surface area contributed by atoms with Crippen molar-refractivity contribution in [3.05, 3.63) is 47.8 Å². The van der Waals surface area contributed by atoms with E-state index in [1.54, 1.807) is 0 Å². The van der Waals surface area contributed by atoms with Gasteiger partial charge in [0.15, 0.2) is 0 Å². The molecule has 0 amide bonds. The maximum absolute atomic E-state index is 10.7. The van der Waals surface area contributed by atoms with Crippen molar-refractivity contribution in [2.24, 2.45) is 0 Å². The number of pyridine rings is 1. The molecule has 0 saturated carbocycles. The van der Waals surface area contributed by atoms with Crippen molar-refractivity contribution >= 4 is 23.0 Å². The number of aryl methyl sites for hydroxylation is 1. The molecule has 2 saturated heterocycles. The van der Waals surface area contributed by atoms with Crippen molar-refractivity contribution in [1.29, 1.82) is 0 Å². The number of morpholine rings is 1. The van der Waals surface area contributed by atoms with Crippen LogP contribution < -0.4 is 5.32 Å². The largest absolute Gasteiger partial charge is 0.387 e. The first kappa shape index (κ1) is 23.4. The molecular formula is C26H35N5O2. The van der Waals surface area contributed by atoms with E-state index >= 15 is 0 Å². The van der Waals surface area contributed by atoms with Gasteiger partial charge in [0, 0.05) is 55.1 Å².